The molecule has 0 saturated carbocycles. The monoisotopic (exact) mass is 492 g/mol. The van der Waals surface area contributed by atoms with E-state index in [1.165, 1.54) is 30.6 Å². The second-order valence-corrected chi connectivity index (χ2v) is 9.73. The summed E-state index contributed by atoms with van der Waals surface area (Å²) in [5.74, 6) is -0.378. The van der Waals surface area contributed by atoms with E-state index in [0.717, 1.165) is 11.1 Å². The molecule has 0 fully saturated rings. The van der Waals surface area contributed by atoms with Gasteiger partial charge in [-0.25, -0.2) is 17.8 Å². The van der Waals surface area contributed by atoms with E-state index in [1.54, 1.807) is 36.4 Å². The lowest BCUT2D eigenvalue weighted by Gasteiger charge is -2.18. The topological polar surface area (TPSA) is 127 Å². The average molecular weight is 493 g/mol. The van der Waals surface area contributed by atoms with Gasteiger partial charge in [-0.3, -0.25) is 9.82 Å². The zero-order valence-electron chi connectivity index (χ0n) is 18.3. The number of anilines is 1. The summed E-state index contributed by atoms with van der Waals surface area (Å²) < 4.78 is 41.3. The van der Waals surface area contributed by atoms with Crippen molar-refractivity contribution in [2.24, 2.45) is 0 Å². The van der Waals surface area contributed by atoms with Crippen molar-refractivity contribution < 1.29 is 22.8 Å². The van der Waals surface area contributed by atoms with Crippen LogP contribution in [0.25, 0.3) is 22.4 Å². The van der Waals surface area contributed by atoms with E-state index in [-0.39, 0.29) is 21.8 Å². The number of hydrogen-bond donors (Lipinski definition) is 3. The molecule has 10 heteroatoms. The predicted molar refractivity (Wildman–Crippen MR) is 128 cm³/mol. The molecule has 0 bridgehead atoms. The molecule has 0 spiro atoms. The van der Waals surface area contributed by atoms with Gasteiger partial charge >= 0.3 is 0 Å². The van der Waals surface area contributed by atoms with E-state index < -0.39 is 28.0 Å². The van der Waals surface area contributed by atoms with Crippen LogP contribution in [0.1, 0.15) is 17.2 Å². The van der Waals surface area contributed by atoms with Crippen LogP contribution in [0, 0.1) is 5.82 Å². The second-order valence-electron chi connectivity index (χ2n) is 8.11. The number of hydrogen-bond acceptors (Lipinski definition) is 7. The number of sulfonamides is 1. The van der Waals surface area contributed by atoms with E-state index in [0.29, 0.717) is 17.7 Å². The number of nitrogens with two attached hydrogens (primary N) is 1. The van der Waals surface area contributed by atoms with E-state index >= 15 is 0 Å². The first-order valence-corrected chi connectivity index (χ1v) is 12.2. The summed E-state index contributed by atoms with van der Waals surface area (Å²) in [5.41, 5.74) is 8.29. The molecular weight excluding hydrogens is 471 g/mol. The van der Waals surface area contributed by atoms with E-state index in [9.17, 15) is 17.9 Å². The molecule has 2 atom stereocenters. The number of halogens is 1. The number of nitrogens with one attached hydrogen (secondary N) is 1. The Bertz CT molecular complexity index is 1500. The Labute approximate surface area is 201 Å². The molecule has 0 radical (unpaired) electrons. The van der Waals surface area contributed by atoms with Gasteiger partial charge in [-0.2, -0.15) is 0 Å². The van der Waals surface area contributed by atoms with Gasteiger partial charge in [-0.05, 0) is 34.9 Å². The summed E-state index contributed by atoms with van der Waals surface area (Å²) in [6, 6.07) is 17.8. The first-order chi connectivity index (χ1) is 16.8. The standard InChI is InChI=1S/C25H21FN4O4S/c26-20-11-16(9-10-19(20)21-13-29-24(27)14-28-21)17-6-3-4-8-23(17)35(32,33)30-34-25-18-7-2-1-5-15(18)12-22(25)31/h1-11,13-14,22,25,30-31H,12H2,(H2,27,29). The van der Waals surface area contributed by atoms with Gasteiger partial charge in [-0.15, -0.1) is 0 Å². The zero-order chi connectivity index (χ0) is 24.6. The van der Waals surface area contributed by atoms with Gasteiger partial charge in [-0.1, -0.05) is 53.4 Å². The summed E-state index contributed by atoms with van der Waals surface area (Å²) in [7, 11) is -4.17. The molecule has 5 rings (SSSR count). The maximum absolute atomic E-state index is 15.0. The van der Waals surface area contributed by atoms with Crippen LogP contribution in [0.5, 0.6) is 0 Å². The lowest BCUT2D eigenvalue weighted by Crippen LogP contribution is -2.30. The largest absolute Gasteiger partial charge is 0.390 e. The Morgan fingerprint density at radius 3 is 2.54 bits per heavy atom. The number of benzene rings is 3. The van der Waals surface area contributed by atoms with Gasteiger partial charge in [0.25, 0.3) is 10.0 Å². The number of aliphatic hydroxyl groups is 1. The second kappa shape index (κ2) is 9.16. The van der Waals surface area contributed by atoms with Crippen molar-refractivity contribution in [1.29, 1.82) is 0 Å². The van der Waals surface area contributed by atoms with E-state index in [4.69, 9.17) is 10.6 Å². The first-order valence-electron chi connectivity index (χ1n) is 10.7. The molecular formula is C25H21FN4O4S. The number of rotatable bonds is 6. The number of nitrogens with zero attached hydrogens (tertiary/aromatic N) is 2. The fourth-order valence-electron chi connectivity index (χ4n) is 4.15. The van der Waals surface area contributed by atoms with Gasteiger partial charge in [0, 0.05) is 17.5 Å². The molecule has 0 amide bonds. The normalized spacial score (nSPS) is 17.3. The first kappa shape index (κ1) is 23.1. The molecule has 3 aromatic carbocycles. The van der Waals surface area contributed by atoms with Crippen LogP contribution in [0.15, 0.2) is 84.0 Å². The summed E-state index contributed by atoms with van der Waals surface area (Å²) in [4.78, 5) is 15.5. The molecule has 4 N–H and O–H groups in total. The van der Waals surface area contributed by atoms with Crippen LogP contribution in [0.2, 0.25) is 0 Å². The summed E-state index contributed by atoms with van der Waals surface area (Å²) in [5, 5.41) is 10.4. The highest BCUT2D eigenvalue weighted by molar-refractivity contribution is 7.89. The summed E-state index contributed by atoms with van der Waals surface area (Å²) >= 11 is 0. The molecule has 2 unspecified atom stereocenters. The Kier molecular flexibility index (Phi) is 6.03. The van der Waals surface area contributed by atoms with E-state index in [2.05, 4.69) is 14.9 Å². The fraction of sp³-hybridized carbons (Fsp3) is 0.120. The smallest absolute Gasteiger partial charge is 0.263 e. The molecule has 0 aliphatic heterocycles. The lowest BCUT2D eigenvalue weighted by molar-refractivity contribution is -0.0524. The van der Waals surface area contributed by atoms with Crippen molar-refractivity contribution in [3.05, 3.63) is 96.1 Å². The molecule has 1 aromatic heterocycles. The highest BCUT2D eigenvalue weighted by Gasteiger charge is 2.33. The Balaban J connectivity index is 1.43. The van der Waals surface area contributed by atoms with Crippen molar-refractivity contribution in [1.82, 2.24) is 14.9 Å². The molecule has 1 heterocycles. The van der Waals surface area contributed by atoms with Crippen molar-refractivity contribution in [3.63, 3.8) is 0 Å². The van der Waals surface area contributed by atoms with Crippen LogP contribution in [-0.2, 0) is 21.3 Å². The van der Waals surface area contributed by atoms with Crippen molar-refractivity contribution in [2.45, 2.75) is 23.5 Å². The van der Waals surface area contributed by atoms with Gasteiger partial charge in [0.2, 0.25) is 0 Å². The maximum Gasteiger partial charge on any atom is 0.263 e. The number of nitrogen functional groups attached to an aromatic ring is 1. The summed E-state index contributed by atoms with van der Waals surface area (Å²) in [6.07, 6.45) is 1.33. The van der Waals surface area contributed by atoms with Crippen LogP contribution < -0.4 is 10.6 Å². The van der Waals surface area contributed by atoms with Crippen LogP contribution in [0.4, 0.5) is 10.2 Å². The number of aliphatic hydroxyl groups excluding tert-OH is 1. The SMILES string of the molecule is Nc1cnc(-c2ccc(-c3ccccc3S(=O)(=O)NOC3c4ccccc4CC3O)cc2F)cn1. The molecule has 1 aliphatic rings. The lowest BCUT2D eigenvalue weighted by atomic mass is 10.0. The third-order valence-electron chi connectivity index (χ3n) is 5.83. The Morgan fingerprint density at radius 2 is 1.77 bits per heavy atom. The summed E-state index contributed by atoms with van der Waals surface area (Å²) in [6.45, 7) is 0. The third kappa shape index (κ3) is 4.52. The molecule has 35 heavy (non-hydrogen) atoms. The van der Waals surface area contributed by atoms with E-state index in [1.807, 2.05) is 12.1 Å². The van der Waals surface area contributed by atoms with Crippen molar-refractivity contribution >= 4 is 15.8 Å². The highest BCUT2D eigenvalue weighted by atomic mass is 32.2. The van der Waals surface area contributed by atoms with Crippen LogP contribution in [-0.4, -0.2) is 29.6 Å². The average Bonchev–Trinajstić information content (AvgIpc) is 3.18. The molecule has 1 aliphatic carbocycles. The number of fused-ring (bicyclic) bond motifs is 1. The predicted octanol–water partition coefficient (Wildman–Crippen LogP) is 3.40. The maximum atomic E-state index is 15.0. The highest BCUT2D eigenvalue weighted by Crippen LogP contribution is 2.35. The number of aromatic nitrogens is 2. The quantitative estimate of drug-likeness (QED) is 0.352. The zero-order valence-corrected chi connectivity index (χ0v) is 19.1. The van der Waals surface area contributed by atoms with Crippen LogP contribution in [0.3, 0.4) is 0 Å². The Morgan fingerprint density at radius 1 is 1.00 bits per heavy atom. The van der Waals surface area contributed by atoms with Gasteiger partial charge in [0.15, 0.2) is 0 Å². The van der Waals surface area contributed by atoms with Gasteiger partial charge < -0.3 is 10.8 Å². The van der Waals surface area contributed by atoms with Crippen LogP contribution >= 0.6 is 0 Å². The minimum absolute atomic E-state index is 0.0970. The third-order valence-corrected chi connectivity index (χ3v) is 7.08. The molecule has 4 aromatic rings. The molecule has 8 nitrogen and oxygen atoms in total. The molecule has 178 valence electrons. The fourth-order valence-corrected chi connectivity index (χ4v) is 5.20. The minimum atomic E-state index is -4.17. The van der Waals surface area contributed by atoms with Crippen molar-refractivity contribution in [3.8, 4) is 22.4 Å². The Hall–Kier alpha value is -3.70. The van der Waals surface area contributed by atoms with Gasteiger partial charge in [0.1, 0.15) is 17.7 Å². The molecule has 0 saturated heterocycles. The minimum Gasteiger partial charge on any atom is -0.390 e. The van der Waals surface area contributed by atoms with Crippen molar-refractivity contribution in [2.75, 3.05) is 5.73 Å². The van der Waals surface area contributed by atoms with Gasteiger partial charge in [0.05, 0.1) is 29.1 Å².